The number of rotatable bonds is 8. The van der Waals surface area contributed by atoms with E-state index in [9.17, 15) is 4.79 Å². The Balaban J connectivity index is 1.48. The highest BCUT2D eigenvalue weighted by molar-refractivity contribution is 5.79. The molecule has 2 aromatic rings. The Morgan fingerprint density at radius 2 is 2.04 bits per heavy atom. The van der Waals surface area contributed by atoms with Gasteiger partial charge >= 0.3 is 0 Å². The highest BCUT2D eigenvalue weighted by Crippen LogP contribution is 2.22. The topological polar surface area (TPSA) is 80.5 Å². The maximum Gasteiger partial charge on any atom is 0.241 e. The summed E-state index contributed by atoms with van der Waals surface area (Å²) in [6.45, 7) is 6.55. The van der Waals surface area contributed by atoms with Gasteiger partial charge in [0.1, 0.15) is 5.75 Å². The molecule has 1 amide bonds. The SMILES string of the molecule is CCCC(C)NC(=O)C1CCN(Cc2nc(-c3ccc(OC)cc3)no2)CC1. The molecule has 1 saturated heterocycles. The van der Waals surface area contributed by atoms with Gasteiger partial charge in [-0.15, -0.1) is 0 Å². The Morgan fingerprint density at radius 1 is 1.32 bits per heavy atom. The van der Waals surface area contributed by atoms with Crippen molar-refractivity contribution in [2.45, 2.75) is 52.1 Å². The minimum atomic E-state index is 0.105. The molecule has 2 heterocycles. The third-order valence-electron chi connectivity index (χ3n) is 5.24. The van der Waals surface area contributed by atoms with Crippen molar-refractivity contribution in [3.8, 4) is 17.1 Å². The van der Waals surface area contributed by atoms with Crippen LogP contribution in [0.5, 0.6) is 5.75 Å². The predicted octanol–water partition coefficient (Wildman–Crippen LogP) is 3.26. The van der Waals surface area contributed by atoms with Crippen molar-refractivity contribution in [1.29, 1.82) is 0 Å². The first kappa shape index (κ1) is 20.3. The zero-order chi connectivity index (χ0) is 19.9. The molecule has 7 heteroatoms. The van der Waals surface area contributed by atoms with Gasteiger partial charge in [-0.2, -0.15) is 4.98 Å². The number of hydrogen-bond acceptors (Lipinski definition) is 6. The Hall–Kier alpha value is -2.41. The largest absolute Gasteiger partial charge is 0.497 e. The van der Waals surface area contributed by atoms with Gasteiger partial charge in [-0.3, -0.25) is 9.69 Å². The quantitative estimate of drug-likeness (QED) is 0.750. The molecule has 1 aromatic heterocycles. The van der Waals surface area contributed by atoms with Gasteiger partial charge in [-0.25, -0.2) is 0 Å². The molecule has 1 unspecified atom stereocenters. The molecule has 1 N–H and O–H groups in total. The van der Waals surface area contributed by atoms with Crippen LogP contribution in [0.1, 0.15) is 45.4 Å². The van der Waals surface area contributed by atoms with Crippen LogP contribution in [0.4, 0.5) is 0 Å². The number of methoxy groups -OCH3 is 1. The molecule has 0 radical (unpaired) electrons. The second-order valence-corrected chi connectivity index (χ2v) is 7.49. The molecule has 1 aromatic carbocycles. The van der Waals surface area contributed by atoms with Crippen LogP contribution in [0.15, 0.2) is 28.8 Å². The summed E-state index contributed by atoms with van der Waals surface area (Å²) in [4.78, 5) is 19.1. The second kappa shape index (κ2) is 9.68. The van der Waals surface area contributed by atoms with Crippen molar-refractivity contribution >= 4 is 5.91 Å². The van der Waals surface area contributed by atoms with Gasteiger partial charge in [-0.05, 0) is 63.5 Å². The number of benzene rings is 1. The lowest BCUT2D eigenvalue weighted by atomic mass is 9.95. The van der Waals surface area contributed by atoms with E-state index in [1.165, 1.54) is 0 Å². The molecule has 0 bridgehead atoms. The number of carbonyl (C=O) groups is 1. The van der Waals surface area contributed by atoms with E-state index < -0.39 is 0 Å². The van der Waals surface area contributed by atoms with Gasteiger partial charge in [0.25, 0.3) is 0 Å². The molecule has 1 aliphatic heterocycles. The Kier molecular flexibility index (Phi) is 7.03. The molecule has 1 atom stereocenters. The smallest absolute Gasteiger partial charge is 0.241 e. The Morgan fingerprint density at radius 3 is 2.68 bits per heavy atom. The molecular formula is C21H30N4O3. The highest BCUT2D eigenvalue weighted by atomic mass is 16.5. The van der Waals surface area contributed by atoms with Gasteiger partial charge in [0.05, 0.1) is 13.7 Å². The van der Waals surface area contributed by atoms with E-state index in [1.54, 1.807) is 7.11 Å². The fraction of sp³-hybridized carbons (Fsp3) is 0.571. The standard InChI is InChI=1S/C21H30N4O3/c1-4-5-15(2)22-21(26)17-10-12-25(13-11-17)14-19-23-20(24-28-19)16-6-8-18(27-3)9-7-16/h6-9,15,17H,4-5,10-14H2,1-3H3,(H,22,26). The van der Waals surface area contributed by atoms with E-state index >= 15 is 0 Å². The molecule has 7 nitrogen and oxygen atoms in total. The van der Waals surface area contributed by atoms with Crippen molar-refractivity contribution < 1.29 is 14.1 Å². The summed E-state index contributed by atoms with van der Waals surface area (Å²) >= 11 is 0. The van der Waals surface area contributed by atoms with E-state index in [4.69, 9.17) is 9.26 Å². The van der Waals surface area contributed by atoms with E-state index in [0.717, 1.165) is 50.1 Å². The molecule has 1 aliphatic rings. The van der Waals surface area contributed by atoms with Crippen molar-refractivity contribution in [1.82, 2.24) is 20.4 Å². The summed E-state index contributed by atoms with van der Waals surface area (Å²) in [6.07, 6.45) is 3.84. The third kappa shape index (κ3) is 5.32. The Bertz CT molecular complexity index is 751. The molecule has 0 saturated carbocycles. The van der Waals surface area contributed by atoms with Gasteiger partial charge in [0.15, 0.2) is 0 Å². The van der Waals surface area contributed by atoms with Crippen molar-refractivity contribution in [2.75, 3.05) is 20.2 Å². The molecule has 1 fully saturated rings. The lowest BCUT2D eigenvalue weighted by molar-refractivity contribution is -0.127. The van der Waals surface area contributed by atoms with Crippen molar-refractivity contribution in [3.63, 3.8) is 0 Å². The number of amides is 1. The van der Waals surface area contributed by atoms with Crippen molar-refractivity contribution in [2.24, 2.45) is 5.92 Å². The molecule has 28 heavy (non-hydrogen) atoms. The first-order valence-electron chi connectivity index (χ1n) is 10.1. The number of ether oxygens (including phenoxy) is 1. The zero-order valence-corrected chi connectivity index (χ0v) is 17.0. The normalized spacial score (nSPS) is 16.7. The summed E-state index contributed by atoms with van der Waals surface area (Å²) in [6, 6.07) is 7.84. The van der Waals surface area contributed by atoms with E-state index in [-0.39, 0.29) is 17.9 Å². The maximum atomic E-state index is 12.4. The number of nitrogens with one attached hydrogen (secondary N) is 1. The minimum absolute atomic E-state index is 0.105. The van der Waals surface area contributed by atoms with Crippen molar-refractivity contribution in [3.05, 3.63) is 30.2 Å². The molecular weight excluding hydrogens is 356 g/mol. The van der Waals surface area contributed by atoms with Gasteiger partial charge in [-0.1, -0.05) is 18.5 Å². The summed E-state index contributed by atoms with van der Waals surface area (Å²) < 4.78 is 10.6. The first-order chi connectivity index (χ1) is 13.6. The first-order valence-corrected chi connectivity index (χ1v) is 10.1. The number of carbonyl (C=O) groups excluding carboxylic acids is 1. The van der Waals surface area contributed by atoms with Crippen LogP contribution in [0, 0.1) is 5.92 Å². The summed E-state index contributed by atoms with van der Waals surface area (Å²) in [5.74, 6) is 2.28. The summed E-state index contributed by atoms with van der Waals surface area (Å²) in [7, 11) is 1.64. The second-order valence-electron chi connectivity index (χ2n) is 7.49. The van der Waals surface area contributed by atoms with Crippen LogP contribution in [-0.4, -0.2) is 47.2 Å². The average molecular weight is 386 g/mol. The van der Waals surface area contributed by atoms with E-state index in [1.807, 2.05) is 24.3 Å². The minimum Gasteiger partial charge on any atom is -0.497 e. The van der Waals surface area contributed by atoms with Gasteiger partial charge < -0.3 is 14.6 Å². The zero-order valence-electron chi connectivity index (χ0n) is 17.0. The van der Waals surface area contributed by atoms with E-state index in [0.29, 0.717) is 18.3 Å². The maximum absolute atomic E-state index is 12.4. The number of nitrogens with zero attached hydrogens (tertiary/aromatic N) is 3. The lowest BCUT2D eigenvalue weighted by Crippen LogP contribution is -2.42. The number of piperidine rings is 1. The number of hydrogen-bond donors (Lipinski definition) is 1. The van der Waals surface area contributed by atoms with E-state index in [2.05, 4.69) is 34.2 Å². The van der Waals surface area contributed by atoms with Crippen LogP contribution in [0.3, 0.4) is 0 Å². The highest BCUT2D eigenvalue weighted by Gasteiger charge is 2.26. The van der Waals surface area contributed by atoms with Crippen LogP contribution in [0.25, 0.3) is 11.4 Å². The third-order valence-corrected chi connectivity index (χ3v) is 5.24. The van der Waals surface area contributed by atoms with Gasteiger partial charge in [0, 0.05) is 17.5 Å². The summed E-state index contributed by atoms with van der Waals surface area (Å²) in [5.41, 5.74) is 0.896. The fourth-order valence-corrected chi connectivity index (χ4v) is 3.59. The van der Waals surface area contributed by atoms with Crippen LogP contribution < -0.4 is 10.1 Å². The number of likely N-dealkylation sites (tertiary alicyclic amines) is 1. The predicted molar refractivity (Wildman–Crippen MR) is 107 cm³/mol. The van der Waals surface area contributed by atoms with Crippen LogP contribution >= 0.6 is 0 Å². The Labute approximate surface area is 166 Å². The van der Waals surface area contributed by atoms with Gasteiger partial charge in [0.2, 0.25) is 17.6 Å². The lowest BCUT2D eigenvalue weighted by Gasteiger charge is -2.30. The number of aromatic nitrogens is 2. The molecule has 0 spiro atoms. The fourth-order valence-electron chi connectivity index (χ4n) is 3.59. The average Bonchev–Trinajstić information content (AvgIpc) is 3.17. The monoisotopic (exact) mass is 386 g/mol. The summed E-state index contributed by atoms with van der Waals surface area (Å²) in [5, 5.41) is 7.22. The molecule has 152 valence electrons. The van der Waals surface area contributed by atoms with Crippen LogP contribution in [0.2, 0.25) is 0 Å². The molecule has 3 rings (SSSR count). The molecule has 0 aliphatic carbocycles. The van der Waals surface area contributed by atoms with Crippen LogP contribution in [-0.2, 0) is 11.3 Å².